The lowest BCUT2D eigenvalue weighted by Gasteiger charge is -2.35. The number of carbonyl (C=O) groups excluding carboxylic acids is 2. The normalized spacial score (nSPS) is 16.3. The number of carbonyl (C=O) groups is 2. The van der Waals surface area contributed by atoms with Crippen LogP contribution in [0.2, 0.25) is 0 Å². The molecule has 0 bridgehead atoms. The van der Waals surface area contributed by atoms with E-state index < -0.39 is 12.2 Å². The van der Waals surface area contributed by atoms with Gasteiger partial charge in [0.05, 0.1) is 0 Å². The molecule has 1 aromatic carbocycles. The first-order valence-corrected chi connectivity index (χ1v) is 10.3. The third-order valence-electron chi connectivity index (χ3n) is 5.12. The van der Waals surface area contributed by atoms with Crippen LogP contribution in [-0.2, 0) is 16.1 Å². The molecule has 1 heterocycles. The molecule has 0 spiro atoms. The second kappa shape index (κ2) is 10.6. The molecule has 0 radical (unpaired) electrons. The monoisotopic (exact) mass is 426 g/mol. The van der Waals surface area contributed by atoms with Gasteiger partial charge in [-0.3, -0.25) is 4.79 Å². The third kappa shape index (κ3) is 8.16. The van der Waals surface area contributed by atoms with Gasteiger partial charge in [-0.15, -0.1) is 0 Å². The van der Waals surface area contributed by atoms with E-state index in [-0.39, 0.29) is 30.2 Å². The van der Waals surface area contributed by atoms with Crippen LogP contribution in [0.3, 0.4) is 0 Å². The minimum absolute atomic E-state index is 0.0712. The summed E-state index contributed by atoms with van der Waals surface area (Å²) in [5.41, 5.74) is 0.185. The molecule has 1 saturated heterocycles. The Morgan fingerprint density at radius 1 is 1.23 bits per heavy atom. The minimum atomic E-state index is -2.88. The van der Waals surface area contributed by atoms with Gasteiger partial charge in [0.1, 0.15) is 11.4 Å². The fraction of sp³-hybridized carbons (Fsp3) is 0.636. The van der Waals surface area contributed by atoms with Gasteiger partial charge in [0.25, 0.3) is 0 Å². The fourth-order valence-electron chi connectivity index (χ4n) is 3.54. The highest BCUT2D eigenvalue weighted by molar-refractivity contribution is 5.76. The van der Waals surface area contributed by atoms with E-state index in [1.165, 1.54) is 12.1 Å². The third-order valence-corrected chi connectivity index (χ3v) is 5.12. The Morgan fingerprint density at radius 2 is 1.90 bits per heavy atom. The zero-order valence-corrected chi connectivity index (χ0v) is 18.1. The lowest BCUT2D eigenvalue weighted by molar-refractivity contribution is -0.122. The molecule has 168 valence electrons. The van der Waals surface area contributed by atoms with E-state index in [0.717, 1.165) is 12.8 Å². The number of hydrogen-bond acceptors (Lipinski definition) is 4. The Hall–Kier alpha value is -2.38. The predicted octanol–water partition coefficient (Wildman–Crippen LogP) is 4.58. The van der Waals surface area contributed by atoms with Crippen LogP contribution in [0.5, 0.6) is 5.75 Å². The number of nitrogens with one attached hydrogen (secondary N) is 1. The Balaban J connectivity index is 1.74. The molecular formula is C22H32F2N2O4. The Bertz CT molecular complexity index is 713. The summed E-state index contributed by atoms with van der Waals surface area (Å²) in [5.74, 6) is 0.524. The van der Waals surface area contributed by atoms with Gasteiger partial charge in [-0.1, -0.05) is 19.1 Å². The zero-order chi connectivity index (χ0) is 22.3. The first-order chi connectivity index (χ1) is 14.0. The van der Waals surface area contributed by atoms with E-state index in [2.05, 4.69) is 10.1 Å². The van der Waals surface area contributed by atoms with Crippen molar-refractivity contribution in [3.8, 4) is 5.75 Å². The Labute approximate surface area is 176 Å². The molecule has 1 fully saturated rings. The summed E-state index contributed by atoms with van der Waals surface area (Å²) < 4.78 is 34.4. The minimum Gasteiger partial charge on any atom is -0.444 e. The van der Waals surface area contributed by atoms with E-state index >= 15 is 0 Å². The maximum Gasteiger partial charge on any atom is 0.410 e. The van der Waals surface area contributed by atoms with Gasteiger partial charge in [0.15, 0.2) is 0 Å². The molecule has 0 saturated carbocycles. The van der Waals surface area contributed by atoms with E-state index in [0.29, 0.717) is 31.0 Å². The molecule has 1 N–H and O–H groups in total. The van der Waals surface area contributed by atoms with Crippen LogP contribution in [0.4, 0.5) is 13.6 Å². The number of halogens is 2. The predicted molar refractivity (Wildman–Crippen MR) is 109 cm³/mol. The number of likely N-dealkylation sites (tertiary alicyclic amines) is 1. The van der Waals surface area contributed by atoms with Crippen molar-refractivity contribution in [2.24, 2.45) is 11.8 Å². The molecule has 6 nitrogen and oxygen atoms in total. The molecule has 1 aliphatic heterocycles. The van der Waals surface area contributed by atoms with Crippen molar-refractivity contribution in [3.05, 3.63) is 29.8 Å². The van der Waals surface area contributed by atoms with E-state index in [4.69, 9.17) is 4.74 Å². The van der Waals surface area contributed by atoms with Crippen molar-refractivity contribution in [2.75, 3.05) is 13.1 Å². The standard InChI is InChI=1S/C22H32F2N2O4/c1-15(17-8-10-26(11-9-17)21(28)30-22(2,3)4)12-19(27)25-14-16-6-5-7-18(13-16)29-20(23)24/h5-7,13,15,17,20H,8-12,14H2,1-4H3,(H,25,27)/t15-/m0/s1. The van der Waals surface area contributed by atoms with E-state index in [1.807, 2.05) is 27.7 Å². The molecule has 2 amide bonds. The second-order valence-corrected chi connectivity index (χ2v) is 8.79. The number of amides is 2. The summed E-state index contributed by atoms with van der Waals surface area (Å²) in [5, 5.41) is 2.84. The van der Waals surface area contributed by atoms with Crippen LogP contribution in [0.1, 0.15) is 52.5 Å². The first-order valence-electron chi connectivity index (χ1n) is 10.3. The van der Waals surface area contributed by atoms with Gasteiger partial charge in [-0.2, -0.15) is 8.78 Å². The van der Waals surface area contributed by atoms with Crippen LogP contribution in [0.15, 0.2) is 24.3 Å². The number of benzene rings is 1. The number of hydrogen-bond donors (Lipinski definition) is 1. The topological polar surface area (TPSA) is 67.9 Å². The van der Waals surface area contributed by atoms with E-state index in [1.54, 1.807) is 17.0 Å². The second-order valence-electron chi connectivity index (χ2n) is 8.79. The summed E-state index contributed by atoms with van der Waals surface area (Å²) in [4.78, 5) is 26.2. The quantitative estimate of drug-likeness (QED) is 0.693. The summed E-state index contributed by atoms with van der Waals surface area (Å²) >= 11 is 0. The van der Waals surface area contributed by atoms with Gasteiger partial charge < -0.3 is 19.7 Å². The molecule has 0 aliphatic carbocycles. The number of piperidine rings is 1. The fourth-order valence-corrected chi connectivity index (χ4v) is 3.54. The number of rotatable bonds is 7. The molecule has 1 aliphatic rings. The molecule has 1 aromatic rings. The van der Waals surface area contributed by atoms with Crippen LogP contribution in [0.25, 0.3) is 0 Å². The summed E-state index contributed by atoms with van der Waals surface area (Å²) in [6.07, 6.45) is 1.76. The van der Waals surface area contributed by atoms with Crippen LogP contribution in [-0.4, -0.2) is 42.2 Å². The van der Waals surface area contributed by atoms with E-state index in [9.17, 15) is 18.4 Å². The van der Waals surface area contributed by atoms with Crippen molar-refractivity contribution in [3.63, 3.8) is 0 Å². The van der Waals surface area contributed by atoms with Gasteiger partial charge >= 0.3 is 12.7 Å². The maximum atomic E-state index is 12.3. The van der Waals surface area contributed by atoms with Crippen molar-refractivity contribution >= 4 is 12.0 Å². The summed E-state index contributed by atoms with van der Waals surface area (Å²) in [7, 11) is 0. The molecule has 2 rings (SSSR count). The van der Waals surface area contributed by atoms with Crippen molar-refractivity contribution in [1.82, 2.24) is 10.2 Å². The SMILES string of the molecule is C[C@@H](CC(=O)NCc1cccc(OC(F)F)c1)C1CCN(C(=O)OC(C)(C)C)CC1. The van der Waals surface area contributed by atoms with Gasteiger partial charge in [-0.25, -0.2) is 4.79 Å². The summed E-state index contributed by atoms with van der Waals surface area (Å²) in [6, 6.07) is 6.29. The molecule has 0 unspecified atom stereocenters. The lowest BCUT2D eigenvalue weighted by atomic mass is 9.83. The Kier molecular flexibility index (Phi) is 8.43. The highest BCUT2D eigenvalue weighted by atomic mass is 19.3. The maximum absolute atomic E-state index is 12.3. The molecule has 8 heteroatoms. The molecular weight excluding hydrogens is 394 g/mol. The summed E-state index contributed by atoms with van der Waals surface area (Å²) in [6.45, 7) is 6.22. The number of nitrogens with zero attached hydrogens (tertiary/aromatic N) is 1. The average Bonchev–Trinajstić information content (AvgIpc) is 2.65. The van der Waals surface area contributed by atoms with Crippen LogP contribution < -0.4 is 10.1 Å². The average molecular weight is 427 g/mol. The number of ether oxygens (including phenoxy) is 2. The van der Waals surface area contributed by atoms with Gasteiger partial charge in [0.2, 0.25) is 5.91 Å². The van der Waals surface area contributed by atoms with Gasteiger partial charge in [-0.05, 0) is 63.1 Å². The first kappa shape index (κ1) is 23.9. The highest BCUT2D eigenvalue weighted by Crippen LogP contribution is 2.28. The number of alkyl halides is 2. The zero-order valence-electron chi connectivity index (χ0n) is 18.1. The van der Waals surface area contributed by atoms with Crippen molar-refractivity contribution in [2.45, 2.75) is 65.7 Å². The van der Waals surface area contributed by atoms with Gasteiger partial charge in [0, 0.05) is 26.1 Å². The molecule has 1 atom stereocenters. The molecule has 30 heavy (non-hydrogen) atoms. The van der Waals surface area contributed by atoms with Crippen LogP contribution >= 0.6 is 0 Å². The molecule has 0 aromatic heterocycles. The Morgan fingerprint density at radius 3 is 2.50 bits per heavy atom. The largest absolute Gasteiger partial charge is 0.444 e. The van der Waals surface area contributed by atoms with Crippen molar-refractivity contribution in [1.29, 1.82) is 0 Å². The van der Waals surface area contributed by atoms with Crippen molar-refractivity contribution < 1.29 is 27.8 Å². The highest BCUT2D eigenvalue weighted by Gasteiger charge is 2.29. The smallest absolute Gasteiger partial charge is 0.410 e. The van der Waals surface area contributed by atoms with Crippen LogP contribution in [0, 0.1) is 11.8 Å². The lowest BCUT2D eigenvalue weighted by Crippen LogP contribution is -2.43.